The first kappa shape index (κ1) is 11.9. The summed E-state index contributed by atoms with van der Waals surface area (Å²) in [7, 11) is 0. The summed E-state index contributed by atoms with van der Waals surface area (Å²) in [6.45, 7) is 4.68. The number of hydrogen-bond acceptors (Lipinski definition) is 3. The Morgan fingerprint density at radius 3 is 2.88 bits per heavy atom. The fraction of sp³-hybridized carbons (Fsp3) is 0.538. The summed E-state index contributed by atoms with van der Waals surface area (Å²) in [6, 6.07) is 0. The lowest BCUT2D eigenvalue weighted by Gasteiger charge is -2.36. The summed E-state index contributed by atoms with van der Waals surface area (Å²) in [6.07, 6.45) is 4.22. The molecule has 0 saturated heterocycles. The zero-order chi connectivity index (χ0) is 12.4. The maximum absolute atomic E-state index is 12.3. The molecule has 2 rings (SSSR count). The van der Waals surface area contributed by atoms with Crippen molar-refractivity contribution >= 4 is 12.2 Å². The zero-order valence-electron chi connectivity index (χ0n) is 10.4. The van der Waals surface area contributed by atoms with Crippen LogP contribution in [0.25, 0.3) is 0 Å². The molecule has 0 fully saturated rings. The molecule has 0 aromatic carbocycles. The number of aldehydes is 1. The second-order valence-corrected chi connectivity index (χ2v) is 4.53. The highest BCUT2D eigenvalue weighted by Crippen LogP contribution is 2.28. The first-order valence-electron chi connectivity index (χ1n) is 6.16. The fourth-order valence-electron chi connectivity index (χ4n) is 2.42. The number of hydrogen-bond donors (Lipinski definition) is 1. The van der Waals surface area contributed by atoms with Crippen molar-refractivity contribution in [2.24, 2.45) is 0 Å². The summed E-state index contributed by atoms with van der Waals surface area (Å²) in [4.78, 5) is 25.0. The lowest BCUT2D eigenvalue weighted by Crippen LogP contribution is -2.45. The van der Waals surface area contributed by atoms with Crippen LogP contribution >= 0.6 is 0 Å². The molecule has 0 unspecified atom stereocenters. The number of rotatable bonds is 3. The number of fused-ring (bicyclic) bond motifs is 1. The normalized spacial score (nSPS) is 20.4. The first-order chi connectivity index (χ1) is 8.19. The summed E-state index contributed by atoms with van der Waals surface area (Å²) in [5.41, 5.74) is 2.45. The maximum atomic E-state index is 12.3. The van der Waals surface area contributed by atoms with Crippen LogP contribution in [0.2, 0.25) is 0 Å². The molecule has 0 saturated carbocycles. The third-order valence-corrected chi connectivity index (χ3v) is 3.31. The van der Waals surface area contributed by atoms with Crippen molar-refractivity contribution in [1.29, 1.82) is 0 Å². The Morgan fingerprint density at radius 2 is 2.24 bits per heavy atom. The van der Waals surface area contributed by atoms with Crippen LogP contribution in [0, 0.1) is 0 Å². The summed E-state index contributed by atoms with van der Waals surface area (Å²) >= 11 is 0. The third-order valence-electron chi connectivity index (χ3n) is 3.31. The minimum atomic E-state index is 0.0668. The molecule has 0 aliphatic carbocycles. The van der Waals surface area contributed by atoms with Crippen LogP contribution in [0.5, 0.6) is 0 Å². The molecule has 1 amide bonds. The molecule has 1 N–H and O–H groups in total. The molecular formula is C13H18N2O2. The Balaban J connectivity index is 2.41. The van der Waals surface area contributed by atoms with Crippen LogP contribution in [0.4, 0.5) is 0 Å². The van der Waals surface area contributed by atoms with E-state index in [-0.39, 0.29) is 5.91 Å². The number of carbonyl (C=O) groups excluding carboxylic acids is 2. The van der Waals surface area contributed by atoms with Crippen LogP contribution in [0.3, 0.4) is 0 Å². The van der Waals surface area contributed by atoms with E-state index in [2.05, 4.69) is 12.2 Å². The second kappa shape index (κ2) is 4.73. The van der Waals surface area contributed by atoms with Crippen molar-refractivity contribution in [2.75, 3.05) is 6.54 Å². The number of nitrogens with one attached hydrogen (secondary N) is 1. The molecule has 92 valence electrons. The molecule has 2 aliphatic rings. The smallest absolute Gasteiger partial charge is 0.257 e. The molecule has 0 spiro atoms. The van der Waals surface area contributed by atoms with Gasteiger partial charge in [0.2, 0.25) is 0 Å². The first-order valence-corrected chi connectivity index (χ1v) is 6.16. The van der Waals surface area contributed by atoms with E-state index >= 15 is 0 Å². The average Bonchev–Trinajstić information content (AvgIpc) is 2.34. The maximum Gasteiger partial charge on any atom is 0.257 e. The Hall–Kier alpha value is -1.58. The molecule has 4 nitrogen and oxygen atoms in total. The van der Waals surface area contributed by atoms with Crippen LogP contribution < -0.4 is 5.32 Å². The van der Waals surface area contributed by atoms with Crippen molar-refractivity contribution < 1.29 is 9.59 Å². The van der Waals surface area contributed by atoms with Gasteiger partial charge in [0, 0.05) is 23.4 Å². The van der Waals surface area contributed by atoms with Gasteiger partial charge >= 0.3 is 0 Å². The summed E-state index contributed by atoms with van der Waals surface area (Å²) in [5.74, 6) is 0.769. The molecule has 0 aromatic rings. The van der Waals surface area contributed by atoms with Gasteiger partial charge in [-0.2, -0.15) is 0 Å². The molecule has 0 bridgehead atoms. The van der Waals surface area contributed by atoms with E-state index in [0.29, 0.717) is 17.9 Å². The van der Waals surface area contributed by atoms with Crippen molar-refractivity contribution in [3.8, 4) is 0 Å². The van der Waals surface area contributed by atoms with E-state index in [9.17, 15) is 9.59 Å². The van der Waals surface area contributed by atoms with E-state index < -0.39 is 0 Å². The van der Waals surface area contributed by atoms with E-state index in [0.717, 1.165) is 43.2 Å². The largest absolute Gasteiger partial charge is 0.345 e. The Labute approximate surface area is 101 Å². The van der Waals surface area contributed by atoms with Crippen molar-refractivity contribution in [1.82, 2.24) is 10.2 Å². The SMILES string of the molecule is CCCC1=C(C)NC2=C(C=O)CCCN2C1=O. The van der Waals surface area contributed by atoms with Gasteiger partial charge in [0.15, 0.2) is 0 Å². The monoisotopic (exact) mass is 234 g/mol. The van der Waals surface area contributed by atoms with Crippen molar-refractivity contribution in [3.05, 3.63) is 22.7 Å². The van der Waals surface area contributed by atoms with Gasteiger partial charge in [-0.3, -0.25) is 14.5 Å². The molecule has 17 heavy (non-hydrogen) atoms. The zero-order valence-corrected chi connectivity index (χ0v) is 10.4. The van der Waals surface area contributed by atoms with Gasteiger partial charge in [-0.25, -0.2) is 0 Å². The Kier molecular flexibility index (Phi) is 3.31. The lowest BCUT2D eigenvalue weighted by molar-refractivity contribution is -0.126. The topological polar surface area (TPSA) is 49.4 Å². The predicted octanol–water partition coefficient (Wildman–Crippen LogP) is 1.70. The number of carbonyl (C=O) groups is 2. The lowest BCUT2D eigenvalue weighted by atomic mass is 9.99. The van der Waals surface area contributed by atoms with Gasteiger partial charge in [0.25, 0.3) is 5.91 Å². The predicted molar refractivity (Wildman–Crippen MR) is 64.8 cm³/mol. The molecule has 2 heterocycles. The summed E-state index contributed by atoms with van der Waals surface area (Å²) < 4.78 is 0. The molecule has 0 aromatic heterocycles. The highest BCUT2D eigenvalue weighted by molar-refractivity contribution is 5.97. The third kappa shape index (κ3) is 1.99. The quantitative estimate of drug-likeness (QED) is 0.756. The van der Waals surface area contributed by atoms with Gasteiger partial charge in [-0.1, -0.05) is 13.3 Å². The molecule has 2 aliphatic heterocycles. The second-order valence-electron chi connectivity index (χ2n) is 4.53. The fourth-order valence-corrected chi connectivity index (χ4v) is 2.42. The van der Waals surface area contributed by atoms with Gasteiger partial charge < -0.3 is 5.32 Å². The summed E-state index contributed by atoms with van der Waals surface area (Å²) in [5, 5.41) is 3.22. The highest BCUT2D eigenvalue weighted by atomic mass is 16.2. The molecule has 0 radical (unpaired) electrons. The van der Waals surface area contributed by atoms with Crippen LogP contribution in [-0.4, -0.2) is 23.6 Å². The minimum absolute atomic E-state index is 0.0668. The number of allylic oxidation sites excluding steroid dienone is 2. The standard InChI is InChI=1S/C13H18N2O2/c1-3-5-11-9(2)14-12-10(8-16)6-4-7-15(12)13(11)17/h8,14H,3-7H2,1-2H3. The van der Waals surface area contributed by atoms with E-state index in [1.807, 2.05) is 6.92 Å². The van der Waals surface area contributed by atoms with E-state index in [4.69, 9.17) is 0 Å². The van der Waals surface area contributed by atoms with Crippen molar-refractivity contribution in [3.63, 3.8) is 0 Å². The van der Waals surface area contributed by atoms with E-state index in [1.165, 1.54) is 0 Å². The average molecular weight is 234 g/mol. The van der Waals surface area contributed by atoms with E-state index in [1.54, 1.807) is 4.90 Å². The van der Waals surface area contributed by atoms with Crippen molar-refractivity contribution in [2.45, 2.75) is 39.5 Å². The van der Waals surface area contributed by atoms with Gasteiger partial charge in [0.1, 0.15) is 12.1 Å². The van der Waals surface area contributed by atoms with Gasteiger partial charge in [-0.05, 0) is 26.2 Å². The molecule has 0 atom stereocenters. The van der Waals surface area contributed by atoms with Crippen LogP contribution in [0.15, 0.2) is 22.7 Å². The number of amides is 1. The Bertz CT molecular complexity index is 421. The molecule has 4 heteroatoms. The highest BCUT2D eigenvalue weighted by Gasteiger charge is 2.31. The van der Waals surface area contributed by atoms with Gasteiger partial charge in [0.05, 0.1) is 0 Å². The van der Waals surface area contributed by atoms with Crippen LogP contribution in [0.1, 0.15) is 39.5 Å². The van der Waals surface area contributed by atoms with Gasteiger partial charge in [-0.15, -0.1) is 0 Å². The minimum Gasteiger partial charge on any atom is -0.345 e. The van der Waals surface area contributed by atoms with Crippen LogP contribution in [-0.2, 0) is 9.59 Å². The number of nitrogens with zero attached hydrogens (tertiary/aromatic N) is 1. The Morgan fingerprint density at radius 1 is 1.47 bits per heavy atom. The molecular weight excluding hydrogens is 216 g/mol.